The van der Waals surface area contributed by atoms with Crippen molar-refractivity contribution in [3.63, 3.8) is 0 Å². The van der Waals surface area contributed by atoms with E-state index < -0.39 is 0 Å². The lowest BCUT2D eigenvalue weighted by Crippen LogP contribution is -2.30. The number of aromatic nitrogens is 4. The van der Waals surface area contributed by atoms with E-state index in [1.165, 1.54) is 5.69 Å². The number of imidazole rings is 1. The van der Waals surface area contributed by atoms with E-state index in [9.17, 15) is 4.79 Å². The second-order valence-electron chi connectivity index (χ2n) is 5.28. The minimum absolute atomic E-state index is 0.00149. The molecule has 1 aliphatic heterocycles. The number of amides is 1. The normalized spacial score (nSPS) is 17.8. The first-order chi connectivity index (χ1) is 9.67. The Bertz CT molecular complexity index is 627. The lowest BCUT2D eigenvalue weighted by Gasteiger charge is -2.23. The van der Waals surface area contributed by atoms with Crippen LogP contribution in [0.4, 0.5) is 5.69 Å². The molecule has 0 aromatic carbocycles. The molecule has 2 aromatic heterocycles. The largest absolute Gasteiger partial charge is 0.334 e. The van der Waals surface area contributed by atoms with Crippen molar-refractivity contribution in [3.8, 4) is 0 Å². The van der Waals surface area contributed by atoms with Gasteiger partial charge in [0.1, 0.15) is 0 Å². The Balaban J connectivity index is 1.71. The molecule has 3 heterocycles. The van der Waals surface area contributed by atoms with Crippen LogP contribution in [-0.2, 0) is 31.2 Å². The Kier molecular flexibility index (Phi) is 3.30. The average molecular weight is 273 g/mol. The van der Waals surface area contributed by atoms with Crippen molar-refractivity contribution in [1.82, 2.24) is 19.3 Å². The molecular weight excluding hydrogens is 254 g/mol. The smallest absolute Gasteiger partial charge is 0.229 e. The van der Waals surface area contributed by atoms with E-state index in [1.54, 1.807) is 11.0 Å². The van der Waals surface area contributed by atoms with E-state index in [4.69, 9.17) is 0 Å². The second-order valence-corrected chi connectivity index (χ2v) is 5.28. The Labute approximate surface area is 117 Å². The predicted octanol–water partition coefficient (Wildman–Crippen LogP) is 1.38. The molecule has 0 saturated heterocycles. The quantitative estimate of drug-likeness (QED) is 0.919. The molecule has 0 bridgehead atoms. The summed E-state index contributed by atoms with van der Waals surface area (Å²) < 4.78 is 3.81. The van der Waals surface area contributed by atoms with Crippen LogP contribution in [-0.4, -0.2) is 25.2 Å². The number of carbonyl (C=O) groups excluding carboxylic acids is 1. The molecule has 0 aliphatic carbocycles. The van der Waals surface area contributed by atoms with Crippen LogP contribution in [0.3, 0.4) is 0 Å². The number of anilines is 1. The van der Waals surface area contributed by atoms with Crippen molar-refractivity contribution in [3.05, 3.63) is 30.1 Å². The summed E-state index contributed by atoms with van der Waals surface area (Å²) in [7, 11) is 1.87. The number of hydrogen-bond donors (Lipinski definition) is 1. The standard InChI is InChI=1S/C14H19N5O/c1-3-12-13(8-18(2)17-12)16-14(20)10-4-5-11-6-15-9-19(11)7-10/h6,8-10H,3-5,7H2,1-2H3,(H,16,20). The van der Waals surface area contributed by atoms with Gasteiger partial charge in [0, 0.05) is 31.7 Å². The van der Waals surface area contributed by atoms with Gasteiger partial charge in [0.2, 0.25) is 5.91 Å². The van der Waals surface area contributed by atoms with Crippen molar-refractivity contribution in [2.24, 2.45) is 13.0 Å². The Morgan fingerprint density at radius 1 is 1.55 bits per heavy atom. The van der Waals surface area contributed by atoms with Gasteiger partial charge in [0.15, 0.2) is 0 Å². The number of fused-ring (bicyclic) bond motifs is 1. The zero-order chi connectivity index (χ0) is 14.1. The zero-order valence-corrected chi connectivity index (χ0v) is 11.8. The van der Waals surface area contributed by atoms with Crippen LogP contribution in [0.5, 0.6) is 0 Å². The number of rotatable bonds is 3. The number of hydrogen-bond acceptors (Lipinski definition) is 3. The van der Waals surface area contributed by atoms with Crippen LogP contribution in [0, 0.1) is 5.92 Å². The fraction of sp³-hybridized carbons (Fsp3) is 0.500. The van der Waals surface area contributed by atoms with Crippen molar-refractivity contribution < 1.29 is 4.79 Å². The van der Waals surface area contributed by atoms with E-state index in [1.807, 2.05) is 26.4 Å². The fourth-order valence-electron chi connectivity index (χ4n) is 2.72. The Morgan fingerprint density at radius 3 is 3.20 bits per heavy atom. The van der Waals surface area contributed by atoms with E-state index >= 15 is 0 Å². The van der Waals surface area contributed by atoms with Crippen molar-refractivity contribution in [2.75, 3.05) is 5.32 Å². The van der Waals surface area contributed by atoms with Gasteiger partial charge in [-0.1, -0.05) is 6.92 Å². The monoisotopic (exact) mass is 273 g/mol. The van der Waals surface area contributed by atoms with Crippen LogP contribution in [0.2, 0.25) is 0 Å². The van der Waals surface area contributed by atoms with Gasteiger partial charge in [-0.3, -0.25) is 9.48 Å². The average Bonchev–Trinajstić information content (AvgIpc) is 3.03. The van der Waals surface area contributed by atoms with E-state index in [-0.39, 0.29) is 11.8 Å². The van der Waals surface area contributed by atoms with E-state index in [0.29, 0.717) is 6.54 Å². The van der Waals surface area contributed by atoms with E-state index in [2.05, 4.69) is 20.0 Å². The summed E-state index contributed by atoms with van der Waals surface area (Å²) in [5.41, 5.74) is 2.97. The van der Waals surface area contributed by atoms with Crippen LogP contribution in [0.15, 0.2) is 18.7 Å². The first-order valence-electron chi connectivity index (χ1n) is 6.99. The molecular formula is C14H19N5O. The van der Waals surface area contributed by atoms with Gasteiger partial charge >= 0.3 is 0 Å². The van der Waals surface area contributed by atoms with Crippen molar-refractivity contribution in [1.29, 1.82) is 0 Å². The van der Waals surface area contributed by atoms with Crippen molar-refractivity contribution >= 4 is 11.6 Å². The number of nitrogens with one attached hydrogen (secondary N) is 1. The molecule has 0 radical (unpaired) electrons. The zero-order valence-electron chi connectivity index (χ0n) is 11.8. The van der Waals surface area contributed by atoms with Crippen LogP contribution >= 0.6 is 0 Å². The summed E-state index contributed by atoms with van der Waals surface area (Å²) >= 11 is 0. The summed E-state index contributed by atoms with van der Waals surface area (Å²) in [4.78, 5) is 16.5. The molecule has 6 heteroatoms. The Hall–Kier alpha value is -2.11. The van der Waals surface area contributed by atoms with Gasteiger partial charge in [-0.15, -0.1) is 0 Å². The highest BCUT2D eigenvalue weighted by Crippen LogP contribution is 2.22. The van der Waals surface area contributed by atoms with Gasteiger partial charge in [0.05, 0.1) is 23.6 Å². The minimum Gasteiger partial charge on any atom is -0.334 e. The molecule has 1 aliphatic rings. The molecule has 106 valence electrons. The molecule has 1 unspecified atom stereocenters. The maximum absolute atomic E-state index is 12.4. The lowest BCUT2D eigenvalue weighted by molar-refractivity contribution is -0.120. The summed E-state index contributed by atoms with van der Waals surface area (Å²) in [5, 5.41) is 7.36. The maximum atomic E-state index is 12.4. The summed E-state index contributed by atoms with van der Waals surface area (Å²) in [6.45, 7) is 2.75. The van der Waals surface area contributed by atoms with Gasteiger partial charge in [-0.2, -0.15) is 5.10 Å². The summed E-state index contributed by atoms with van der Waals surface area (Å²) in [6.07, 6.45) is 8.14. The molecule has 20 heavy (non-hydrogen) atoms. The molecule has 2 aromatic rings. The lowest BCUT2D eigenvalue weighted by atomic mass is 9.97. The summed E-state index contributed by atoms with van der Waals surface area (Å²) in [6, 6.07) is 0. The number of aryl methyl sites for hydroxylation is 3. The van der Waals surface area contributed by atoms with Crippen LogP contribution in [0.1, 0.15) is 24.7 Å². The molecule has 0 fully saturated rings. The SMILES string of the molecule is CCc1nn(C)cc1NC(=O)C1CCc2cncn2C1. The topological polar surface area (TPSA) is 64.7 Å². The third kappa shape index (κ3) is 2.33. The minimum atomic E-state index is 0.00149. The van der Waals surface area contributed by atoms with Crippen molar-refractivity contribution in [2.45, 2.75) is 32.7 Å². The van der Waals surface area contributed by atoms with Crippen LogP contribution in [0.25, 0.3) is 0 Å². The van der Waals surface area contributed by atoms with Gasteiger partial charge in [-0.25, -0.2) is 4.98 Å². The molecule has 0 spiro atoms. The maximum Gasteiger partial charge on any atom is 0.229 e. The second kappa shape index (κ2) is 5.11. The molecule has 0 saturated carbocycles. The summed E-state index contributed by atoms with van der Waals surface area (Å²) in [5.74, 6) is 0.0775. The first kappa shape index (κ1) is 12.9. The highest BCUT2D eigenvalue weighted by molar-refractivity contribution is 5.93. The highest BCUT2D eigenvalue weighted by Gasteiger charge is 2.25. The number of nitrogens with zero attached hydrogens (tertiary/aromatic N) is 4. The van der Waals surface area contributed by atoms with Gasteiger partial charge in [-0.05, 0) is 19.3 Å². The molecule has 1 amide bonds. The van der Waals surface area contributed by atoms with Gasteiger partial charge < -0.3 is 9.88 Å². The first-order valence-corrected chi connectivity index (χ1v) is 6.99. The highest BCUT2D eigenvalue weighted by atomic mass is 16.1. The third-order valence-corrected chi connectivity index (χ3v) is 3.83. The molecule has 1 N–H and O–H groups in total. The number of carbonyl (C=O) groups is 1. The van der Waals surface area contributed by atoms with Crippen LogP contribution < -0.4 is 5.32 Å². The third-order valence-electron chi connectivity index (χ3n) is 3.83. The van der Waals surface area contributed by atoms with Gasteiger partial charge in [0.25, 0.3) is 0 Å². The predicted molar refractivity (Wildman–Crippen MR) is 75.3 cm³/mol. The molecule has 1 atom stereocenters. The fourth-order valence-corrected chi connectivity index (χ4v) is 2.72. The molecule has 6 nitrogen and oxygen atoms in total. The molecule has 3 rings (SSSR count). The Morgan fingerprint density at radius 2 is 2.40 bits per heavy atom. The van der Waals surface area contributed by atoms with E-state index in [0.717, 1.165) is 30.6 Å².